The number of aliphatic hydroxyl groups excluding tert-OH is 1. The zero-order valence-electron chi connectivity index (χ0n) is 10.8. The Morgan fingerprint density at radius 1 is 1.33 bits per heavy atom. The quantitative estimate of drug-likeness (QED) is 0.771. The first-order chi connectivity index (χ1) is 8.72. The van der Waals surface area contributed by atoms with E-state index in [2.05, 4.69) is 0 Å². The number of amides is 2. The summed E-state index contributed by atoms with van der Waals surface area (Å²) >= 11 is 0. The normalized spacial score (nSPS) is 20.7. The lowest BCUT2D eigenvalue weighted by molar-refractivity contribution is -0.140. The molecule has 5 heteroatoms. The monoisotopic (exact) mass is 254 g/mol. The van der Waals surface area contributed by atoms with E-state index in [4.69, 9.17) is 5.11 Å². The summed E-state index contributed by atoms with van der Waals surface area (Å²) in [5.74, 6) is 0.0856. The Labute approximate surface area is 108 Å². The Bertz CT molecular complexity index is 315. The maximum absolute atomic E-state index is 12.2. The smallest absolute Gasteiger partial charge is 0.242 e. The summed E-state index contributed by atoms with van der Waals surface area (Å²) in [6.07, 6.45) is 5.62. The molecule has 5 nitrogen and oxygen atoms in total. The fourth-order valence-corrected chi connectivity index (χ4v) is 2.46. The van der Waals surface area contributed by atoms with Gasteiger partial charge in [0.2, 0.25) is 11.8 Å². The number of aliphatic hydroxyl groups is 1. The summed E-state index contributed by atoms with van der Waals surface area (Å²) in [5, 5.41) is 8.99. The molecule has 0 atom stereocenters. The van der Waals surface area contributed by atoms with E-state index < -0.39 is 0 Å². The van der Waals surface area contributed by atoms with Crippen LogP contribution in [0.2, 0.25) is 0 Å². The van der Waals surface area contributed by atoms with E-state index in [1.165, 1.54) is 0 Å². The summed E-state index contributed by atoms with van der Waals surface area (Å²) in [7, 11) is 0. The molecule has 1 aliphatic carbocycles. The summed E-state index contributed by atoms with van der Waals surface area (Å²) in [4.78, 5) is 27.4. The first-order valence-electron chi connectivity index (χ1n) is 6.90. The van der Waals surface area contributed by atoms with Crippen LogP contribution in [0.3, 0.4) is 0 Å². The molecule has 1 N–H and O–H groups in total. The van der Waals surface area contributed by atoms with Gasteiger partial charge in [0.1, 0.15) is 0 Å². The predicted octanol–water partition coefficient (Wildman–Crippen LogP) is 0.372. The van der Waals surface area contributed by atoms with Crippen LogP contribution in [0.25, 0.3) is 0 Å². The lowest BCUT2D eigenvalue weighted by atomic mass is 10.2. The molecule has 1 heterocycles. The molecule has 2 fully saturated rings. The maximum Gasteiger partial charge on any atom is 0.242 e. The number of likely N-dealkylation sites (tertiary alicyclic amines) is 1. The van der Waals surface area contributed by atoms with Crippen LogP contribution >= 0.6 is 0 Å². The molecule has 1 saturated carbocycles. The van der Waals surface area contributed by atoms with Crippen LogP contribution in [0.15, 0.2) is 0 Å². The maximum atomic E-state index is 12.2. The van der Waals surface area contributed by atoms with E-state index in [9.17, 15) is 9.59 Å². The van der Waals surface area contributed by atoms with Crippen LogP contribution in [0, 0.1) is 0 Å². The molecule has 2 rings (SSSR count). The Morgan fingerprint density at radius 2 is 2.11 bits per heavy atom. The average molecular weight is 254 g/mol. The van der Waals surface area contributed by atoms with Crippen molar-refractivity contribution in [3.63, 3.8) is 0 Å². The highest BCUT2D eigenvalue weighted by atomic mass is 16.3. The fourth-order valence-electron chi connectivity index (χ4n) is 2.46. The third-order valence-corrected chi connectivity index (χ3v) is 3.65. The second kappa shape index (κ2) is 6.18. The molecule has 0 aromatic rings. The molecule has 102 valence electrons. The minimum absolute atomic E-state index is 0.00378. The van der Waals surface area contributed by atoms with Crippen molar-refractivity contribution in [2.75, 3.05) is 26.2 Å². The van der Waals surface area contributed by atoms with Crippen molar-refractivity contribution in [2.24, 2.45) is 0 Å². The van der Waals surface area contributed by atoms with Crippen LogP contribution in [0.1, 0.15) is 38.5 Å². The molecule has 1 aliphatic heterocycles. The van der Waals surface area contributed by atoms with Gasteiger partial charge < -0.3 is 14.9 Å². The van der Waals surface area contributed by atoms with Crippen LogP contribution in [-0.4, -0.2) is 59.0 Å². The molecule has 0 aromatic carbocycles. The SMILES string of the molecule is O=C1CCCCCN1CC(=O)N(CCO)C1CC1. The Hall–Kier alpha value is -1.10. The van der Waals surface area contributed by atoms with Crippen molar-refractivity contribution in [2.45, 2.75) is 44.6 Å². The van der Waals surface area contributed by atoms with E-state index in [0.29, 0.717) is 25.6 Å². The van der Waals surface area contributed by atoms with Gasteiger partial charge in [-0.2, -0.15) is 0 Å². The lowest BCUT2D eigenvalue weighted by Gasteiger charge is -2.26. The van der Waals surface area contributed by atoms with Crippen LogP contribution in [0.5, 0.6) is 0 Å². The van der Waals surface area contributed by atoms with Gasteiger partial charge >= 0.3 is 0 Å². The summed E-state index contributed by atoms with van der Waals surface area (Å²) in [6, 6.07) is 0.298. The molecular weight excluding hydrogens is 232 g/mol. The first-order valence-corrected chi connectivity index (χ1v) is 6.90. The molecule has 2 amide bonds. The minimum Gasteiger partial charge on any atom is -0.395 e. The van der Waals surface area contributed by atoms with Gasteiger partial charge in [0.25, 0.3) is 0 Å². The highest BCUT2D eigenvalue weighted by Gasteiger charge is 2.33. The van der Waals surface area contributed by atoms with Gasteiger partial charge in [0.15, 0.2) is 0 Å². The van der Waals surface area contributed by atoms with Gasteiger partial charge in [0, 0.05) is 25.6 Å². The van der Waals surface area contributed by atoms with E-state index in [0.717, 1.165) is 32.1 Å². The van der Waals surface area contributed by atoms with Crippen LogP contribution in [0.4, 0.5) is 0 Å². The average Bonchev–Trinajstić information content (AvgIpc) is 3.17. The summed E-state index contributed by atoms with van der Waals surface area (Å²) in [6.45, 7) is 1.28. The van der Waals surface area contributed by atoms with E-state index in [1.54, 1.807) is 9.80 Å². The number of hydrogen-bond acceptors (Lipinski definition) is 3. The van der Waals surface area contributed by atoms with Gasteiger partial charge in [-0.3, -0.25) is 9.59 Å². The van der Waals surface area contributed by atoms with Gasteiger partial charge in [-0.15, -0.1) is 0 Å². The Balaban J connectivity index is 1.89. The molecule has 2 aliphatic rings. The van der Waals surface area contributed by atoms with Crippen LogP contribution < -0.4 is 0 Å². The number of nitrogens with zero attached hydrogens (tertiary/aromatic N) is 2. The molecule has 1 saturated heterocycles. The van der Waals surface area contributed by atoms with E-state index in [1.807, 2.05) is 0 Å². The minimum atomic E-state index is -0.0122. The fraction of sp³-hybridized carbons (Fsp3) is 0.846. The van der Waals surface area contributed by atoms with E-state index >= 15 is 0 Å². The lowest BCUT2D eigenvalue weighted by Crippen LogP contribution is -2.44. The molecule has 18 heavy (non-hydrogen) atoms. The Kier molecular flexibility index (Phi) is 4.58. The van der Waals surface area contributed by atoms with Crippen molar-refractivity contribution in [3.05, 3.63) is 0 Å². The Morgan fingerprint density at radius 3 is 2.78 bits per heavy atom. The van der Waals surface area contributed by atoms with Gasteiger partial charge in [-0.1, -0.05) is 6.42 Å². The van der Waals surface area contributed by atoms with Gasteiger partial charge in [-0.05, 0) is 25.7 Å². The van der Waals surface area contributed by atoms with Crippen molar-refractivity contribution >= 4 is 11.8 Å². The molecule has 0 spiro atoms. The number of rotatable bonds is 5. The predicted molar refractivity (Wildman–Crippen MR) is 66.9 cm³/mol. The molecule has 0 radical (unpaired) electrons. The third-order valence-electron chi connectivity index (χ3n) is 3.65. The molecule has 0 bridgehead atoms. The van der Waals surface area contributed by atoms with E-state index in [-0.39, 0.29) is 25.0 Å². The highest BCUT2D eigenvalue weighted by molar-refractivity contribution is 5.85. The largest absolute Gasteiger partial charge is 0.395 e. The van der Waals surface area contributed by atoms with Gasteiger partial charge in [-0.25, -0.2) is 0 Å². The molecule has 0 unspecified atom stereocenters. The second-order valence-electron chi connectivity index (χ2n) is 5.17. The zero-order valence-corrected chi connectivity index (χ0v) is 10.8. The van der Waals surface area contributed by atoms with Crippen molar-refractivity contribution < 1.29 is 14.7 Å². The van der Waals surface area contributed by atoms with Crippen LogP contribution in [-0.2, 0) is 9.59 Å². The topological polar surface area (TPSA) is 60.9 Å². The second-order valence-corrected chi connectivity index (χ2v) is 5.17. The molecule has 0 aromatic heterocycles. The van der Waals surface area contributed by atoms with Crippen molar-refractivity contribution in [1.82, 2.24) is 9.80 Å². The third kappa shape index (κ3) is 3.45. The molecular formula is C13H22N2O3. The summed E-state index contributed by atoms with van der Waals surface area (Å²) in [5.41, 5.74) is 0. The summed E-state index contributed by atoms with van der Waals surface area (Å²) < 4.78 is 0. The van der Waals surface area contributed by atoms with Crippen molar-refractivity contribution in [3.8, 4) is 0 Å². The number of hydrogen-bond donors (Lipinski definition) is 1. The standard InChI is InChI=1S/C13H22N2O3/c16-9-8-15(11-5-6-11)13(18)10-14-7-3-1-2-4-12(14)17/h11,16H,1-10H2. The highest BCUT2D eigenvalue weighted by Crippen LogP contribution is 2.26. The number of carbonyl (C=O) groups excluding carboxylic acids is 2. The number of carbonyl (C=O) groups is 2. The van der Waals surface area contributed by atoms with Crippen molar-refractivity contribution in [1.29, 1.82) is 0 Å². The zero-order chi connectivity index (χ0) is 13.0. The first kappa shape index (κ1) is 13.3. The van der Waals surface area contributed by atoms with Gasteiger partial charge in [0.05, 0.1) is 13.2 Å².